The third kappa shape index (κ3) is 4.78. The number of carbonyl (C=O) groups is 1. The first-order chi connectivity index (χ1) is 9.39. The van der Waals surface area contributed by atoms with Crippen LogP contribution in [0.3, 0.4) is 0 Å². The first kappa shape index (κ1) is 16.4. The van der Waals surface area contributed by atoms with Gasteiger partial charge < -0.3 is 14.2 Å². The van der Waals surface area contributed by atoms with Gasteiger partial charge >= 0.3 is 12.1 Å². The van der Waals surface area contributed by atoms with Crippen molar-refractivity contribution in [2.45, 2.75) is 19.3 Å². The van der Waals surface area contributed by atoms with Gasteiger partial charge in [-0.3, -0.25) is 0 Å². The van der Waals surface area contributed by atoms with Crippen molar-refractivity contribution in [3.63, 3.8) is 0 Å². The molecule has 10 heteroatoms. The third-order valence-electron chi connectivity index (χ3n) is 2.21. The summed E-state index contributed by atoms with van der Waals surface area (Å²) in [6.45, 7) is -1.53. The Morgan fingerprint density at radius 1 is 1.35 bits per heavy atom. The predicted molar refractivity (Wildman–Crippen MR) is 58.9 cm³/mol. The summed E-state index contributed by atoms with van der Waals surface area (Å²) in [5.41, 5.74) is 0.278. The summed E-state index contributed by atoms with van der Waals surface area (Å²) in [4.78, 5) is 11.4. The van der Waals surface area contributed by atoms with Gasteiger partial charge in [0.05, 0.1) is 32.6 Å². The molecule has 1 aromatic rings. The Morgan fingerprint density at radius 2 is 2.05 bits per heavy atom. The first-order valence-electron chi connectivity index (χ1n) is 5.53. The SMILES string of the molecule is COCc1c(C(=O)OC)nnn1CCOCC(F)(F)F. The van der Waals surface area contributed by atoms with Crippen molar-refractivity contribution in [3.05, 3.63) is 11.4 Å². The highest BCUT2D eigenvalue weighted by molar-refractivity contribution is 5.88. The highest BCUT2D eigenvalue weighted by atomic mass is 19.4. The van der Waals surface area contributed by atoms with Gasteiger partial charge in [-0.15, -0.1) is 5.10 Å². The smallest absolute Gasteiger partial charge is 0.411 e. The average Bonchev–Trinajstić information content (AvgIpc) is 2.76. The Kier molecular flexibility index (Phi) is 5.89. The number of carbonyl (C=O) groups excluding carboxylic acids is 1. The van der Waals surface area contributed by atoms with Crippen LogP contribution in [0.1, 0.15) is 16.2 Å². The quantitative estimate of drug-likeness (QED) is 0.547. The molecule has 1 heterocycles. The summed E-state index contributed by atoms with van der Waals surface area (Å²) in [5.74, 6) is -0.695. The van der Waals surface area contributed by atoms with Crippen molar-refractivity contribution in [2.75, 3.05) is 27.4 Å². The molecule has 0 saturated heterocycles. The van der Waals surface area contributed by atoms with E-state index in [-0.39, 0.29) is 25.5 Å². The molecule has 0 unspecified atom stereocenters. The van der Waals surface area contributed by atoms with Crippen LogP contribution in [0.25, 0.3) is 0 Å². The van der Waals surface area contributed by atoms with Crippen LogP contribution >= 0.6 is 0 Å². The molecule has 0 aromatic carbocycles. The van der Waals surface area contributed by atoms with E-state index < -0.39 is 18.8 Å². The number of halogens is 3. The Hall–Kier alpha value is -1.68. The Labute approximate surface area is 112 Å². The Balaban J connectivity index is 2.65. The van der Waals surface area contributed by atoms with Crippen molar-refractivity contribution >= 4 is 5.97 Å². The van der Waals surface area contributed by atoms with Crippen molar-refractivity contribution in [3.8, 4) is 0 Å². The molecule has 0 bridgehead atoms. The van der Waals surface area contributed by atoms with E-state index in [9.17, 15) is 18.0 Å². The molecule has 20 heavy (non-hydrogen) atoms. The molecule has 0 aliphatic rings. The van der Waals surface area contributed by atoms with Gasteiger partial charge in [-0.05, 0) is 0 Å². The Morgan fingerprint density at radius 3 is 2.60 bits per heavy atom. The molecule has 7 nitrogen and oxygen atoms in total. The zero-order valence-electron chi connectivity index (χ0n) is 10.9. The van der Waals surface area contributed by atoms with E-state index in [0.29, 0.717) is 5.69 Å². The van der Waals surface area contributed by atoms with Crippen LogP contribution < -0.4 is 0 Å². The molecule has 114 valence electrons. The second-order valence-electron chi connectivity index (χ2n) is 3.70. The second kappa shape index (κ2) is 7.20. The molecule has 0 radical (unpaired) electrons. The number of hydrogen-bond donors (Lipinski definition) is 0. The van der Waals surface area contributed by atoms with Crippen molar-refractivity contribution in [1.29, 1.82) is 0 Å². The molecule has 0 amide bonds. The highest BCUT2D eigenvalue weighted by Gasteiger charge is 2.27. The van der Waals surface area contributed by atoms with Gasteiger partial charge in [-0.25, -0.2) is 9.48 Å². The lowest BCUT2D eigenvalue weighted by atomic mass is 10.3. The predicted octanol–water partition coefficient (Wildman–Crippen LogP) is 0.790. The fourth-order valence-corrected chi connectivity index (χ4v) is 1.39. The molecule has 1 aromatic heterocycles. The van der Waals surface area contributed by atoms with Gasteiger partial charge in [-0.2, -0.15) is 13.2 Å². The van der Waals surface area contributed by atoms with E-state index in [0.717, 1.165) is 0 Å². The maximum absolute atomic E-state index is 11.9. The number of aromatic nitrogens is 3. The summed E-state index contributed by atoms with van der Waals surface area (Å²) >= 11 is 0. The van der Waals surface area contributed by atoms with Crippen molar-refractivity contribution < 1.29 is 32.2 Å². The van der Waals surface area contributed by atoms with E-state index in [1.54, 1.807) is 0 Å². The first-order valence-corrected chi connectivity index (χ1v) is 5.53. The molecule has 0 spiro atoms. The summed E-state index contributed by atoms with van der Waals surface area (Å²) in [7, 11) is 2.59. The van der Waals surface area contributed by atoms with E-state index in [4.69, 9.17) is 4.74 Å². The second-order valence-corrected chi connectivity index (χ2v) is 3.70. The van der Waals surface area contributed by atoms with Gasteiger partial charge in [0.15, 0.2) is 5.69 Å². The van der Waals surface area contributed by atoms with Crippen molar-refractivity contribution in [2.24, 2.45) is 0 Å². The van der Waals surface area contributed by atoms with Gasteiger partial charge in [0.25, 0.3) is 0 Å². The van der Waals surface area contributed by atoms with Crippen molar-refractivity contribution in [1.82, 2.24) is 15.0 Å². The normalized spacial score (nSPS) is 11.7. The minimum atomic E-state index is -4.38. The molecular weight excluding hydrogens is 283 g/mol. The van der Waals surface area contributed by atoms with Gasteiger partial charge in [0, 0.05) is 7.11 Å². The topological polar surface area (TPSA) is 75.5 Å². The lowest BCUT2D eigenvalue weighted by Crippen LogP contribution is -2.20. The Bertz CT molecular complexity index is 447. The molecule has 0 N–H and O–H groups in total. The fourth-order valence-electron chi connectivity index (χ4n) is 1.39. The lowest BCUT2D eigenvalue weighted by molar-refractivity contribution is -0.174. The summed E-state index contributed by atoms with van der Waals surface area (Å²) in [6, 6.07) is 0. The number of esters is 1. The lowest BCUT2D eigenvalue weighted by Gasteiger charge is -2.09. The monoisotopic (exact) mass is 297 g/mol. The van der Waals surface area contributed by atoms with Crippen LogP contribution in [0.2, 0.25) is 0 Å². The van der Waals surface area contributed by atoms with Crippen LogP contribution in [0, 0.1) is 0 Å². The van der Waals surface area contributed by atoms with Crippen LogP contribution in [0.15, 0.2) is 0 Å². The van der Waals surface area contributed by atoms with Crippen LogP contribution in [-0.2, 0) is 27.4 Å². The highest BCUT2D eigenvalue weighted by Crippen LogP contribution is 2.14. The number of nitrogens with zero attached hydrogens (tertiary/aromatic N) is 3. The zero-order chi connectivity index (χ0) is 15.2. The number of methoxy groups -OCH3 is 2. The van der Waals surface area contributed by atoms with Crippen LogP contribution in [0.5, 0.6) is 0 Å². The molecule has 0 aliphatic heterocycles. The molecule has 0 fully saturated rings. The number of hydrogen-bond acceptors (Lipinski definition) is 6. The van der Waals surface area contributed by atoms with Gasteiger partial charge in [0.2, 0.25) is 0 Å². The number of ether oxygens (including phenoxy) is 3. The van der Waals surface area contributed by atoms with E-state index >= 15 is 0 Å². The standard InChI is InChI=1S/C10H14F3N3O4/c1-18-5-7-8(9(17)19-2)14-15-16(7)3-4-20-6-10(11,12)13/h3-6H2,1-2H3. The summed E-state index contributed by atoms with van der Waals surface area (Å²) < 4.78 is 50.8. The minimum Gasteiger partial charge on any atom is -0.464 e. The maximum Gasteiger partial charge on any atom is 0.411 e. The maximum atomic E-state index is 11.9. The minimum absolute atomic E-state index is 0.0127. The molecule has 1 rings (SSSR count). The largest absolute Gasteiger partial charge is 0.464 e. The van der Waals surface area contributed by atoms with E-state index in [1.807, 2.05) is 0 Å². The molecule has 0 saturated carbocycles. The average molecular weight is 297 g/mol. The van der Waals surface area contributed by atoms with E-state index in [1.165, 1.54) is 18.9 Å². The zero-order valence-corrected chi connectivity index (χ0v) is 10.9. The van der Waals surface area contributed by atoms with Crippen LogP contribution in [-0.4, -0.2) is 54.6 Å². The number of rotatable bonds is 7. The summed E-state index contributed by atoms with van der Waals surface area (Å²) in [6.07, 6.45) is -4.38. The van der Waals surface area contributed by atoms with Gasteiger partial charge in [0.1, 0.15) is 6.61 Å². The summed E-state index contributed by atoms with van der Waals surface area (Å²) in [5, 5.41) is 7.28. The fraction of sp³-hybridized carbons (Fsp3) is 0.700. The molecule has 0 aliphatic carbocycles. The molecule has 0 atom stereocenters. The number of alkyl halides is 3. The van der Waals surface area contributed by atoms with Crippen LogP contribution in [0.4, 0.5) is 13.2 Å². The van der Waals surface area contributed by atoms with E-state index in [2.05, 4.69) is 19.8 Å². The molecular formula is C10H14F3N3O4. The third-order valence-corrected chi connectivity index (χ3v) is 2.21. The van der Waals surface area contributed by atoms with Gasteiger partial charge in [-0.1, -0.05) is 5.21 Å².